The predicted octanol–water partition coefficient (Wildman–Crippen LogP) is 4.23. The van der Waals surface area contributed by atoms with Crippen molar-refractivity contribution < 1.29 is 9.90 Å². The van der Waals surface area contributed by atoms with Crippen molar-refractivity contribution in [2.75, 3.05) is 0 Å². The second-order valence-electron chi connectivity index (χ2n) is 6.07. The smallest absolute Gasteiger partial charge is 0.223 e. The molecule has 3 heteroatoms. The molecule has 3 nitrogen and oxygen atoms in total. The lowest BCUT2D eigenvalue weighted by atomic mass is 9.99. The van der Waals surface area contributed by atoms with Gasteiger partial charge in [0.15, 0.2) is 0 Å². The van der Waals surface area contributed by atoms with Crippen LogP contribution >= 0.6 is 0 Å². The monoisotopic (exact) mass is 311 g/mol. The first-order chi connectivity index (χ1) is 11.1. The first-order valence-electron chi connectivity index (χ1n) is 8.20. The van der Waals surface area contributed by atoms with Gasteiger partial charge in [0.2, 0.25) is 5.91 Å². The van der Waals surface area contributed by atoms with Gasteiger partial charge in [-0.05, 0) is 37.8 Å². The predicted molar refractivity (Wildman–Crippen MR) is 93.2 cm³/mol. The van der Waals surface area contributed by atoms with Crippen LogP contribution in [0.1, 0.15) is 43.9 Å². The van der Waals surface area contributed by atoms with Crippen molar-refractivity contribution in [3.63, 3.8) is 0 Å². The highest BCUT2D eigenvalue weighted by atomic mass is 16.3. The largest absolute Gasteiger partial charge is 0.508 e. The minimum Gasteiger partial charge on any atom is -0.508 e. The number of rotatable bonds is 7. The summed E-state index contributed by atoms with van der Waals surface area (Å²) in [6.07, 6.45) is 2.84. The number of nitrogens with one attached hydrogen (secondary N) is 1. The highest BCUT2D eigenvalue weighted by molar-refractivity contribution is 5.78. The lowest BCUT2D eigenvalue weighted by molar-refractivity contribution is -0.125. The van der Waals surface area contributed by atoms with E-state index in [1.807, 2.05) is 44.2 Å². The highest BCUT2D eigenvalue weighted by Gasteiger charge is 2.17. The highest BCUT2D eigenvalue weighted by Crippen LogP contribution is 2.23. The molecule has 122 valence electrons. The Morgan fingerprint density at radius 3 is 2.39 bits per heavy atom. The maximum Gasteiger partial charge on any atom is 0.223 e. The van der Waals surface area contributed by atoms with Gasteiger partial charge >= 0.3 is 0 Å². The van der Waals surface area contributed by atoms with Gasteiger partial charge in [-0.25, -0.2) is 0 Å². The molecule has 0 spiro atoms. The Morgan fingerprint density at radius 1 is 1.04 bits per heavy atom. The molecule has 0 aliphatic heterocycles. The Balaban J connectivity index is 1.79. The molecule has 0 aliphatic carbocycles. The standard InChI is InChI=1S/C20H25NO2/c1-15(9-8-12-17-10-4-3-5-11-17)20(23)21-16(2)18-13-6-7-14-19(18)22/h3-7,10-11,13-16,22H,8-9,12H2,1-2H3,(H,21,23)/t15-,16+/m0/s1. The number of aryl methyl sites for hydroxylation is 1. The lowest BCUT2D eigenvalue weighted by Crippen LogP contribution is -2.31. The summed E-state index contributed by atoms with van der Waals surface area (Å²) >= 11 is 0. The van der Waals surface area contributed by atoms with Crippen LogP contribution in [0.25, 0.3) is 0 Å². The summed E-state index contributed by atoms with van der Waals surface area (Å²) in [5.41, 5.74) is 2.06. The van der Waals surface area contributed by atoms with E-state index in [0.717, 1.165) is 24.8 Å². The fourth-order valence-electron chi connectivity index (χ4n) is 2.68. The molecule has 1 amide bonds. The summed E-state index contributed by atoms with van der Waals surface area (Å²) in [6, 6.07) is 17.2. The van der Waals surface area contributed by atoms with E-state index in [1.54, 1.807) is 12.1 Å². The molecule has 2 aromatic rings. The maximum absolute atomic E-state index is 12.3. The minimum absolute atomic E-state index is 0.0352. The topological polar surface area (TPSA) is 49.3 Å². The van der Waals surface area contributed by atoms with Crippen molar-refractivity contribution in [1.82, 2.24) is 5.32 Å². The van der Waals surface area contributed by atoms with Crippen LogP contribution in [-0.4, -0.2) is 11.0 Å². The number of phenolic OH excluding ortho intramolecular Hbond substituents is 1. The van der Waals surface area contributed by atoms with Crippen LogP contribution in [0.2, 0.25) is 0 Å². The van der Waals surface area contributed by atoms with Crippen molar-refractivity contribution in [3.05, 3.63) is 65.7 Å². The number of amides is 1. The first kappa shape index (κ1) is 17.1. The van der Waals surface area contributed by atoms with Crippen molar-refractivity contribution in [2.24, 2.45) is 5.92 Å². The molecule has 0 aliphatic rings. The van der Waals surface area contributed by atoms with E-state index in [4.69, 9.17) is 0 Å². The molecule has 2 aromatic carbocycles. The lowest BCUT2D eigenvalue weighted by Gasteiger charge is -2.18. The summed E-state index contributed by atoms with van der Waals surface area (Å²) < 4.78 is 0. The van der Waals surface area contributed by atoms with E-state index < -0.39 is 0 Å². The molecule has 0 saturated heterocycles. The van der Waals surface area contributed by atoms with E-state index in [2.05, 4.69) is 17.4 Å². The SMILES string of the molecule is C[C@@H](CCCc1ccccc1)C(=O)N[C@H](C)c1ccccc1O. The van der Waals surface area contributed by atoms with Gasteiger partial charge < -0.3 is 10.4 Å². The van der Waals surface area contributed by atoms with Crippen molar-refractivity contribution >= 4 is 5.91 Å². The molecule has 0 heterocycles. The number of phenols is 1. The summed E-state index contributed by atoms with van der Waals surface area (Å²) in [5.74, 6) is 0.220. The summed E-state index contributed by atoms with van der Waals surface area (Å²) in [6.45, 7) is 3.85. The van der Waals surface area contributed by atoms with Crippen LogP contribution in [0.15, 0.2) is 54.6 Å². The zero-order valence-electron chi connectivity index (χ0n) is 13.8. The molecule has 23 heavy (non-hydrogen) atoms. The van der Waals surface area contributed by atoms with Gasteiger partial charge in [0.25, 0.3) is 0 Å². The molecule has 0 bridgehead atoms. The number of benzene rings is 2. The van der Waals surface area contributed by atoms with Crippen LogP contribution < -0.4 is 5.32 Å². The number of hydrogen-bond donors (Lipinski definition) is 2. The molecule has 0 unspecified atom stereocenters. The molecular weight excluding hydrogens is 286 g/mol. The second kappa shape index (κ2) is 8.37. The van der Waals surface area contributed by atoms with Gasteiger partial charge in [-0.3, -0.25) is 4.79 Å². The third-order valence-electron chi connectivity index (χ3n) is 4.16. The maximum atomic E-state index is 12.3. The van der Waals surface area contributed by atoms with E-state index in [-0.39, 0.29) is 23.6 Å². The van der Waals surface area contributed by atoms with Gasteiger partial charge in [-0.1, -0.05) is 55.5 Å². The third kappa shape index (κ3) is 5.13. The van der Waals surface area contributed by atoms with Gasteiger partial charge in [-0.15, -0.1) is 0 Å². The molecule has 0 aromatic heterocycles. The number of carbonyl (C=O) groups is 1. The van der Waals surface area contributed by atoms with Gasteiger partial charge in [0.05, 0.1) is 6.04 Å². The van der Waals surface area contributed by atoms with Crippen molar-refractivity contribution in [3.8, 4) is 5.75 Å². The van der Waals surface area contributed by atoms with E-state index in [1.165, 1.54) is 5.56 Å². The average Bonchev–Trinajstić information content (AvgIpc) is 2.56. The third-order valence-corrected chi connectivity index (χ3v) is 4.16. The van der Waals surface area contributed by atoms with Crippen LogP contribution in [0.5, 0.6) is 5.75 Å². The van der Waals surface area contributed by atoms with E-state index >= 15 is 0 Å². The van der Waals surface area contributed by atoms with E-state index in [0.29, 0.717) is 0 Å². The Kier molecular flexibility index (Phi) is 6.21. The van der Waals surface area contributed by atoms with Gasteiger partial charge in [0, 0.05) is 11.5 Å². The van der Waals surface area contributed by atoms with Gasteiger partial charge in [-0.2, -0.15) is 0 Å². The minimum atomic E-state index is -0.194. The Labute approximate surface area is 138 Å². The summed E-state index contributed by atoms with van der Waals surface area (Å²) in [5, 5.41) is 12.8. The van der Waals surface area contributed by atoms with Crippen LogP contribution in [-0.2, 0) is 11.2 Å². The van der Waals surface area contributed by atoms with E-state index in [9.17, 15) is 9.90 Å². The zero-order chi connectivity index (χ0) is 16.7. The van der Waals surface area contributed by atoms with Crippen molar-refractivity contribution in [1.29, 1.82) is 0 Å². The summed E-state index contributed by atoms with van der Waals surface area (Å²) in [4.78, 5) is 12.3. The molecule has 0 saturated carbocycles. The zero-order valence-corrected chi connectivity index (χ0v) is 13.8. The molecule has 0 fully saturated rings. The fraction of sp³-hybridized carbons (Fsp3) is 0.350. The quantitative estimate of drug-likeness (QED) is 0.804. The van der Waals surface area contributed by atoms with Crippen LogP contribution in [0.3, 0.4) is 0 Å². The summed E-state index contributed by atoms with van der Waals surface area (Å²) in [7, 11) is 0. The Hall–Kier alpha value is -2.29. The first-order valence-corrected chi connectivity index (χ1v) is 8.20. The van der Waals surface area contributed by atoms with Crippen LogP contribution in [0.4, 0.5) is 0 Å². The number of carbonyl (C=O) groups excluding carboxylic acids is 1. The Morgan fingerprint density at radius 2 is 1.70 bits per heavy atom. The molecule has 2 atom stereocenters. The number of aromatic hydroxyl groups is 1. The average molecular weight is 311 g/mol. The molecule has 0 radical (unpaired) electrons. The number of para-hydroxylation sites is 1. The molecule has 2 N–H and O–H groups in total. The normalized spacial score (nSPS) is 13.3. The molecular formula is C20H25NO2. The second-order valence-corrected chi connectivity index (χ2v) is 6.07. The fourth-order valence-corrected chi connectivity index (χ4v) is 2.68. The Bertz CT molecular complexity index is 625. The van der Waals surface area contributed by atoms with Crippen molar-refractivity contribution in [2.45, 2.75) is 39.2 Å². The number of hydrogen-bond acceptors (Lipinski definition) is 2. The van der Waals surface area contributed by atoms with Crippen LogP contribution in [0, 0.1) is 5.92 Å². The molecule has 2 rings (SSSR count). The van der Waals surface area contributed by atoms with Gasteiger partial charge in [0.1, 0.15) is 5.75 Å².